The molecule has 1 atom stereocenters. The van der Waals surface area contributed by atoms with Crippen LogP contribution in [0.5, 0.6) is 0 Å². The van der Waals surface area contributed by atoms with E-state index in [1.165, 1.54) is 12.1 Å². The highest BCUT2D eigenvalue weighted by molar-refractivity contribution is 5.52. The van der Waals surface area contributed by atoms with E-state index in [4.69, 9.17) is 0 Å². The molecule has 0 aliphatic carbocycles. The Morgan fingerprint density at radius 3 is 2.37 bits per heavy atom. The number of aliphatic hydroxyl groups excluding tert-OH is 1. The van der Waals surface area contributed by atoms with Gasteiger partial charge in [-0.15, -0.1) is 0 Å². The van der Waals surface area contributed by atoms with Gasteiger partial charge < -0.3 is 10.4 Å². The van der Waals surface area contributed by atoms with Crippen molar-refractivity contribution in [2.75, 3.05) is 5.32 Å². The lowest BCUT2D eigenvalue weighted by molar-refractivity contribution is 0.200. The van der Waals surface area contributed by atoms with E-state index in [1.54, 1.807) is 13.0 Å². The van der Waals surface area contributed by atoms with Crippen LogP contribution in [0.1, 0.15) is 24.2 Å². The topological polar surface area (TPSA) is 32.3 Å². The molecule has 0 spiro atoms. The van der Waals surface area contributed by atoms with Gasteiger partial charge in [0.1, 0.15) is 11.6 Å². The van der Waals surface area contributed by atoms with Crippen LogP contribution in [0.4, 0.5) is 14.5 Å². The van der Waals surface area contributed by atoms with E-state index in [1.807, 2.05) is 18.2 Å². The molecule has 2 nitrogen and oxygen atoms in total. The van der Waals surface area contributed by atoms with Crippen LogP contribution in [0.3, 0.4) is 0 Å². The Labute approximate surface area is 110 Å². The first-order chi connectivity index (χ1) is 9.06. The number of halogens is 2. The SMILES string of the molecule is CC(O)c1ccccc1NCc1cc(F)cc(F)c1. The summed E-state index contributed by atoms with van der Waals surface area (Å²) in [5.74, 6) is -1.19. The van der Waals surface area contributed by atoms with Crippen molar-refractivity contribution in [2.24, 2.45) is 0 Å². The average molecular weight is 263 g/mol. The zero-order chi connectivity index (χ0) is 13.8. The molecule has 2 aromatic rings. The van der Waals surface area contributed by atoms with E-state index < -0.39 is 17.7 Å². The Kier molecular flexibility index (Phi) is 4.12. The zero-order valence-electron chi connectivity index (χ0n) is 10.5. The second-order valence-corrected chi connectivity index (χ2v) is 4.39. The Bertz CT molecular complexity index is 550. The van der Waals surface area contributed by atoms with Crippen LogP contribution in [0.25, 0.3) is 0 Å². The van der Waals surface area contributed by atoms with Crippen LogP contribution in [0, 0.1) is 11.6 Å². The van der Waals surface area contributed by atoms with Crippen molar-refractivity contribution in [1.82, 2.24) is 0 Å². The Morgan fingerprint density at radius 2 is 1.74 bits per heavy atom. The predicted molar refractivity (Wildman–Crippen MR) is 70.8 cm³/mol. The molecule has 1 unspecified atom stereocenters. The number of anilines is 1. The van der Waals surface area contributed by atoms with E-state index in [2.05, 4.69) is 5.32 Å². The van der Waals surface area contributed by atoms with Crippen molar-refractivity contribution >= 4 is 5.69 Å². The number of hydrogen-bond acceptors (Lipinski definition) is 2. The van der Waals surface area contributed by atoms with Gasteiger partial charge in [-0.3, -0.25) is 0 Å². The Balaban J connectivity index is 2.14. The van der Waals surface area contributed by atoms with E-state index >= 15 is 0 Å². The fourth-order valence-electron chi connectivity index (χ4n) is 1.93. The summed E-state index contributed by atoms with van der Waals surface area (Å²) in [5, 5.41) is 12.7. The molecule has 0 aliphatic heterocycles. The van der Waals surface area contributed by atoms with Crippen LogP contribution in [-0.2, 0) is 6.54 Å². The van der Waals surface area contributed by atoms with Crippen LogP contribution >= 0.6 is 0 Å². The second kappa shape index (κ2) is 5.80. The first-order valence-electron chi connectivity index (χ1n) is 6.02. The minimum atomic E-state index is -0.604. The van der Waals surface area contributed by atoms with Gasteiger partial charge in [-0.25, -0.2) is 8.78 Å². The highest BCUT2D eigenvalue weighted by Crippen LogP contribution is 2.22. The lowest BCUT2D eigenvalue weighted by Crippen LogP contribution is -2.04. The van der Waals surface area contributed by atoms with Crippen LogP contribution in [-0.4, -0.2) is 5.11 Å². The van der Waals surface area contributed by atoms with E-state index in [-0.39, 0.29) is 0 Å². The smallest absolute Gasteiger partial charge is 0.126 e. The highest BCUT2D eigenvalue weighted by atomic mass is 19.1. The van der Waals surface area contributed by atoms with Crippen molar-refractivity contribution in [1.29, 1.82) is 0 Å². The Hall–Kier alpha value is -1.94. The molecule has 2 aromatic carbocycles. The number of benzene rings is 2. The summed E-state index contributed by atoms with van der Waals surface area (Å²) in [4.78, 5) is 0. The van der Waals surface area contributed by atoms with Crippen molar-refractivity contribution < 1.29 is 13.9 Å². The Morgan fingerprint density at radius 1 is 1.11 bits per heavy atom. The molecule has 0 heterocycles. The molecule has 0 saturated heterocycles. The lowest BCUT2D eigenvalue weighted by atomic mass is 10.1. The van der Waals surface area contributed by atoms with Crippen molar-refractivity contribution in [2.45, 2.75) is 19.6 Å². The van der Waals surface area contributed by atoms with Crippen LogP contribution < -0.4 is 5.32 Å². The summed E-state index contributed by atoms with van der Waals surface area (Å²) in [6.07, 6.45) is -0.604. The van der Waals surface area contributed by atoms with Gasteiger partial charge in [0.25, 0.3) is 0 Å². The molecule has 2 rings (SSSR count). The van der Waals surface area contributed by atoms with E-state index in [0.717, 1.165) is 17.3 Å². The normalized spacial score (nSPS) is 12.2. The lowest BCUT2D eigenvalue weighted by Gasteiger charge is -2.14. The summed E-state index contributed by atoms with van der Waals surface area (Å²) in [6, 6.07) is 10.7. The van der Waals surface area contributed by atoms with Gasteiger partial charge in [-0.05, 0) is 30.7 Å². The van der Waals surface area contributed by atoms with Gasteiger partial charge in [0.15, 0.2) is 0 Å². The van der Waals surface area contributed by atoms with Gasteiger partial charge >= 0.3 is 0 Å². The fraction of sp³-hybridized carbons (Fsp3) is 0.200. The molecule has 0 radical (unpaired) electrons. The average Bonchev–Trinajstić information content (AvgIpc) is 2.35. The summed E-state index contributed by atoms with van der Waals surface area (Å²) in [5.41, 5.74) is 2.01. The predicted octanol–water partition coefficient (Wildman–Crippen LogP) is 3.63. The summed E-state index contributed by atoms with van der Waals surface area (Å²) < 4.78 is 26.1. The van der Waals surface area contributed by atoms with Gasteiger partial charge in [0.05, 0.1) is 6.10 Å². The maximum absolute atomic E-state index is 13.1. The standard InChI is InChI=1S/C15H15F2NO/c1-10(19)14-4-2-3-5-15(14)18-9-11-6-12(16)8-13(17)7-11/h2-8,10,18-19H,9H2,1H3. The molecule has 0 amide bonds. The quantitative estimate of drug-likeness (QED) is 0.882. The minimum absolute atomic E-state index is 0.290. The van der Waals surface area contributed by atoms with E-state index in [0.29, 0.717) is 12.1 Å². The van der Waals surface area contributed by atoms with Gasteiger partial charge in [-0.2, -0.15) is 0 Å². The van der Waals surface area contributed by atoms with Crippen LogP contribution in [0.2, 0.25) is 0 Å². The largest absolute Gasteiger partial charge is 0.389 e. The number of nitrogens with one attached hydrogen (secondary N) is 1. The van der Waals surface area contributed by atoms with Crippen molar-refractivity contribution in [3.63, 3.8) is 0 Å². The maximum atomic E-state index is 13.1. The monoisotopic (exact) mass is 263 g/mol. The number of para-hydroxylation sites is 1. The molecule has 0 aromatic heterocycles. The third kappa shape index (κ3) is 3.51. The molecule has 2 N–H and O–H groups in total. The molecule has 0 bridgehead atoms. The first-order valence-corrected chi connectivity index (χ1v) is 6.02. The number of aliphatic hydroxyl groups is 1. The summed E-state index contributed by atoms with van der Waals surface area (Å²) >= 11 is 0. The molecular formula is C15H15F2NO. The third-order valence-electron chi connectivity index (χ3n) is 2.82. The van der Waals surface area contributed by atoms with Crippen LogP contribution in [0.15, 0.2) is 42.5 Å². The molecule has 19 heavy (non-hydrogen) atoms. The molecule has 4 heteroatoms. The zero-order valence-corrected chi connectivity index (χ0v) is 10.5. The molecule has 0 aliphatic rings. The molecule has 100 valence electrons. The maximum Gasteiger partial charge on any atom is 0.126 e. The first kappa shape index (κ1) is 13.5. The van der Waals surface area contributed by atoms with Gasteiger partial charge in [-0.1, -0.05) is 18.2 Å². The minimum Gasteiger partial charge on any atom is -0.389 e. The number of rotatable bonds is 4. The number of hydrogen-bond donors (Lipinski definition) is 2. The second-order valence-electron chi connectivity index (χ2n) is 4.39. The van der Waals surface area contributed by atoms with E-state index in [9.17, 15) is 13.9 Å². The van der Waals surface area contributed by atoms with Crippen molar-refractivity contribution in [3.05, 3.63) is 65.2 Å². The van der Waals surface area contributed by atoms with Gasteiger partial charge in [0, 0.05) is 23.9 Å². The summed E-state index contributed by atoms with van der Waals surface area (Å²) in [6.45, 7) is 1.96. The molecule has 0 fully saturated rings. The summed E-state index contributed by atoms with van der Waals surface area (Å²) in [7, 11) is 0. The van der Waals surface area contributed by atoms with Crippen molar-refractivity contribution in [3.8, 4) is 0 Å². The highest BCUT2D eigenvalue weighted by Gasteiger charge is 2.07. The van der Waals surface area contributed by atoms with Gasteiger partial charge in [0.2, 0.25) is 0 Å². The molecule has 0 saturated carbocycles. The molecular weight excluding hydrogens is 248 g/mol. The third-order valence-corrected chi connectivity index (χ3v) is 2.82. The fourth-order valence-corrected chi connectivity index (χ4v) is 1.93.